The SMILES string of the molecule is Clc1ncccc1CNC1CCOCC1. The predicted molar refractivity (Wildman–Crippen MR) is 59.9 cm³/mol. The second kappa shape index (κ2) is 5.45. The van der Waals surface area contributed by atoms with Crippen molar-refractivity contribution in [2.24, 2.45) is 0 Å². The summed E-state index contributed by atoms with van der Waals surface area (Å²) in [7, 11) is 0. The maximum absolute atomic E-state index is 5.97. The van der Waals surface area contributed by atoms with Crippen LogP contribution in [-0.2, 0) is 11.3 Å². The van der Waals surface area contributed by atoms with E-state index in [0.29, 0.717) is 11.2 Å². The zero-order valence-corrected chi connectivity index (χ0v) is 9.33. The quantitative estimate of drug-likeness (QED) is 0.801. The third kappa shape index (κ3) is 3.16. The molecule has 0 aromatic carbocycles. The number of pyridine rings is 1. The molecule has 82 valence electrons. The molecule has 1 saturated heterocycles. The van der Waals surface area contributed by atoms with Gasteiger partial charge in [0.2, 0.25) is 0 Å². The molecule has 1 N–H and O–H groups in total. The highest BCUT2D eigenvalue weighted by molar-refractivity contribution is 6.30. The average Bonchev–Trinajstić information content (AvgIpc) is 2.29. The van der Waals surface area contributed by atoms with Crippen molar-refractivity contribution in [3.05, 3.63) is 29.0 Å². The molecule has 4 heteroatoms. The van der Waals surface area contributed by atoms with Crippen molar-refractivity contribution in [3.63, 3.8) is 0 Å². The molecule has 0 saturated carbocycles. The summed E-state index contributed by atoms with van der Waals surface area (Å²) < 4.78 is 5.30. The zero-order chi connectivity index (χ0) is 10.5. The van der Waals surface area contributed by atoms with Gasteiger partial charge in [-0.2, -0.15) is 0 Å². The number of nitrogens with one attached hydrogen (secondary N) is 1. The molecule has 2 heterocycles. The number of rotatable bonds is 3. The van der Waals surface area contributed by atoms with Gasteiger partial charge in [-0.05, 0) is 18.9 Å². The van der Waals surface area contributed by atoms with Crippen molar-refractivity contribution in [1.82, 2.24) is 10.3 Å². The molecule has 1 aliphatic heterocycles. The van der Waals surface area contributed by atoms with Crippen LogP contribution in [0, 0.1) is 0 Å². The molecule has 2 rings (SSSR count). The van der Waals surface area contributed by atoms with E-state index in [4.69, 9.17) is 16.3 Å². The summed E-state index contributed by atoms with van der Waals surface area (Å²) >= 11 is 5.97. The molecule has 0 spiro atoms. The zero-order valence-electron chi connectivity index (χ0n) is 8.58. The first-order valence-electron chi connectivity index (χ1n) is 5.27. The van der Waals surface area contributed by atoms with Gasteiger partial charge in [0.15, 0.2) is 0 Å². The molecule has 3 nitrogen and oxygen atoms in total. The third-order valence-corrected chi connectivity index (χ3v) is 2.98. The van der Waals surface area contributed by atoms with Crippen LogP contribution < -0.4 is 5.32 Å². The Morgan fingerprint density at radius 2 is 2.27 bits per heavy atom. The first-order valence-corrected chi connectivity index (χ1v) is 5.64. The van der Waals surface area contributed by atoms with Crippen LogP contribution in [-0.4, -0.2) is 24.2 Å². The maximum atomic E-state index is 5.97. The molecule has 0 unspecified atom stereocenters. The number of nitrogens with zero attached hydrogens (tertiary/aromatic N) is 1. The normalized spacial score (nSPS) is 17.9. The van der Waals surface area contributed by atoms with Gasteiger partial charge in [0.25, 0.3) is 0 Å². The van der Waals surface area contributed by atoms with E-state index >= 15 is 0 Å². The van der Waals surface area contributed by atoms with E-state index in [1.165, 1.54) is 0 Å². The van der Waals surface area contributed by atoms with Crippen molar-refractivity contribution in [3.8, 4) is 0 Å². The third-order valence-electron chi connectivity index (χ3n) is 2.64. The van der Waals surface area contributed by atoms with Gasteiger partial charge in [-0.3, -0.25) is 0 Å². The lowest BCUT2D eigenvalue weighted by Gasteiger charge is -2.23. The minimum atomic E-state index is 0.551. The fourth-order valence-electron chi connectivity index (χ4n) is 1.71. The highest BCUT2D eigenvalue weighted by atomic mass is 35.5. The number of halogens is 1. The smallest absolute Gasteiger partial charge is 0.133 e. The van der Waals surface area contributed by atoms with Gasteiger partial charge in [0, 0.05) is 37.6 Å². The van der Waals surface area contributed by atoms with Gasteiger partial charge in [-0.1, -0.05) is 17.7 Å². The van der Waals surface area contributed by atoms with E-state index in [1.807, 2.05) is 12.1 Å². The van der Waals surface area contributed by atoms with Crippen molar-refractivity contribution >= 4 is 11.6 Å². The van der Waals surface area contributed by atoms with Crippen molar-refractivity contribution in [2.75, 3.05) is 13.2 Å². The standard InChI is InChI=1S/C11H15ClN2O/c12-11-9(2-1-5-13-11)8-14-10-3-6-15-7-4-10/h1-2,5,10,14H,3-4,6-8H2. The van der Waals surface area contributed by atoms with Gasteiger partial charge in [-0.25, -0.2) is 4.98 Å². The van der Waals surface area contributed by atoms with Crippen LogP contribution >= 0.6 is 11.6 Å². The summed E-state index contributed by atoms with van der Waals surface area (Å²) in [5.41, 5.74) is 1.06. The van der Waals surface area contributed by atoms with E-state index in [-0.39, 0.29) is 0 Å². The Morgan fingerprint density at radius 1 is 1.47 bits per heavy atom. The second-order valence-electron chi connectivity index (χ2n) is 3.72. The Hall–Kier alpha value is -0.640. The summed E-state index contributed by atoms with van der Waals surface area (Å²) in [4.78, 5) is 4.04. The van der Waals surface area contributed by atoms with Crippen LogP contribution in [0.15, 0.2) is 18.3 Å². The van der Waals surface area contributed by atoms with E-state index < -0.39 is 0 Å². The topological polar surface area (TPSA) is 34.2 Å². The van der Waals surface area contributed by atoms with Crippen LogP contribution in [0.4, 0.5) is 0 Å². The average molecular weight is 227 g/mol. The van der Waals surface area contributed by atoms with Gasteiger partial charge < -0.3 is 10.1 Å². The van der Waals surface area contributed by atoms with Gasteiger partial charge in [0.05, 0.1) is 0 Å². The van der Waals surface area contributed by atoms with E-state index in [1.54, 1.807) is 6.20 Å². The molecule has 1 aliphatic rings. The number of aromatic nitrogens is 1. The number of hydrogen-bond donors (Lipinski definition) is 1. The van der Waals surface area contributed by atoms with E-state index in [9.17, 15) is 0 Å². The van der Waals surface area contributed by atoms with Crippen molar-refractivity contribution in [2.45, 2.75) is 25.4 Å². The van der Waals surface area contributed by atoms with Crippen LogP contribution in [0.1, 0.15) is 18.4 Å². The fraction of sp³-hybridized carbons (Fsp3) is 0.545. The van der Waals surface area contributed by atoms with Gasteiger partial charge >= 0.3 is 0 Å². The molecule has 15 heavy (non-hydrogen) atoms. The van der Waals surface area contributed by atoms with Crippen molar-refractivity contribution < 1.29 is 4.74 Å². The van der Waals surface area contributed by atoms with E-state index in [0.717, 1.165) is 38.2 Å². The lowest BCUT2D eigenvalue weighted by Crippen LogP contribution is -2.34. The Morgan fingerprint density at radius 3 is 3.00 bits per heavy atom. The van der Waals surface area contributed by atoms with Crippen LogP contribution in [0.2, 0.25) is 5.15 Å². The molecule has 0 radical (unpaired) electrons. The highest BCUT2D eigenvalue weighted by Crippen LogP contribution is 2.13. The molecule has 1 fully saturated rings. The van der Waals surface area contributed by atoms with Crippen LogP contribution in [0.3, 0.4) is 0 Å². The minimum Gasteiger partial charge on any atom is -0.381 e. The first-order chi connectivity index (χ1) is 7.36. The molecule has 1 aromatic rings. The summed E-state index contributed by atoms with van der Waals surface area (Å²) in [6.45, 7) is 2.51. The Kier molecular flexibility index (Phi) is 3.94. The summed E-state index contributed by atoms with van der Waals surface area (Å²) in [5, 5.41) is 4.07. The molecule has 0 bridgehead atoms. The largest absolute Gasteiger partial charge is 0.381 e. The molecule has 0 amide bonds. The molecular formula is C11H15ClN2O. The first kappa shape index (κ1) is 10.9. The predicted octanol–water partition coefficient (Wildman–Crippen LogP) is 2.00. The fourth-order valence-corrected chi connectivity index (χ4v) is 1.89. The Balaban J connectivity index is 1.84. The molecule has 0 aliphatic carbocycles. The lowest BCUT2D eigenvalue weighted by molar-refractivity contribution is 0.0776. The number of ether oxygens (including phenoxy) is 1. The summed E-state index contributed by atoms with van der Waals surface area (Å²) in [6, 6.07) is 4.46. The Labute approximate surface area is 94.8 Å². The van der Waals surface area contributed by atoms with Gasteiger partial charge in [-0.15, -0.1) is 0 Å². The van der Waals surface area contributed by atoms with Crippen LogP contribution in [0.5, 0.6) is 0 Å². The molecule has 1 aromatic heterocycles. The van der Waals surface area contributed by atoms with Crippen molar-refractivity contribution in [1.29, 1.82) is 0 Å². The number of hydrogen-bond acceptors (Lipinski definition) is 3. The molecule has 0 atom stereocenters. The summed E-state index contributed by atoms with van der Waals surface area (Å²) in [6.07, 6.45) is 3.87. The Bertz CT molecular complexity index is 313. The minimum absolute atomic E-state index is 0.551. The second-order valence-corrected chi connectivity index (χ2v) is 4.08. The maximum Gasteiger partial charge on any atom is 0.133 e. The summed E-state index contributed by atoms with van der Waals surface area (Å²) in [5.74, 6) is 0. The highest BCUT2D eigenvalue weighted by Gasteiger charge is 2.13. The lowest BCUT2D eigenvalue weighted by atomic mass is 10.1. The molecular weight excluding hydrogens is 212 g/mol. The van der Waals surface area contributed by atoms with Crippen LogP contribution in [0.25, 0.3) is 0 Å². The van der Waals surface area contributed by atoms with E-state index in [2.05, 4.69) is 10.3 Å². The van der Waals surface area contributed by atoms with Gasteiger partial charge in [0.1, 0.15) is 5.15 Å². The monoisotopic (exact) mass is 226 g/mol.